The van der Waals surface area contributed by atoms with E-state index in [0.29, 0.717) is 0 Å². The van der Waals surface area contributed by atoms with E-state index in [-0.39, 0.29) is 12.6 Å². The van der Waals surface area contributed by atoms with Crippen LogP contribution in [0.15, 0.2) is 18.2 Å². The van der Waals surface area contributed by atoms with E-state index in [4.69, 9.17) is 5.11 Å². The third-order valence-electron chi connectivity index (χ3n) is 3.21. The minimum atomic E-state index is 0.184. The molecule has 3 heteroatoms. The zero-order valence-corrected chi connectivity index (χ0v) is 11.3. The Morgan fingerprint density at radius 3 is 2.59 bits per heavy atom. The largest absolute Gasteiger partial charge is 0.395 e. The number of likely N-dealkylation sites (N-methyl/N-ethyl adjacent to an activating group) is 1. The van der Waals surface area contributed by atoms with E-state index in [1.165, 1.54) is 16.8 Å². The molecule has 17 heavy (non-hydrogen) atoms. The lowest BCUT2D eigenvalue weighted by atomic mass is 10.1. The van der Waals surface area contributed by atoms with Gasteiger partial charge in [-0.05, 0) is 38.9 Å². The summed E-state index contributed by atoms with van der Waals surface area (Å²) < 4.78 is 0. The maximum absolute atomic E-state index is 9.12. The number of nitrogens with zero attached hydrogens (tertiary/aromatic N) is 1. The Kier molecular flexibility index (Phi) is 5.45. The molecule has 1 atom stereocenters. The molecule has 1 rings (SSSR count). The van der Waals surface area contributed by atoms with Crippen molar-refractivity contribution < 1.29 is 5.11 Å². The number of aliphatic hydroxyl groups is 1. The highest BCUT2D eigenvalue weighted by molar-refractivity contribution is 5.53. The molecule has 0 aliphatic carbocycles. The van der Waals surface area contributed by atoms with Crippen molar-refractivity contribution in [2.75, 3.05) is 32.1 Å². The van der Waals surface area contributed by atoms with Crippen LogP contribution in [-0.4, -0.2) is 38.4 Å². The molecule has 0 saturated heterocycles. The van der Waals surface area contributed by atoms with Gasteiger partial charge in [-0.2, -0.15) is 0 Å². The number of hydrogen-bond donors (Lipinski definition) is 2. The van der Waals surface area contributed by atoms with Crippen molar-refractivity contribution in [3.05, 3.63) is 29.3 Å². The fraction of sp³-hybridized carbons (Fsp3) is 0.571. The predicted octanol–water partition coefficient (Wildman–Crippen LogP) is 1.71. The summed E-state index contributed by atoms with van der Waals surface area (Å²) in [6.45, 7) is 5.38. The van der Waals surface area contributed by atoms with Crippen LogP contribution < -0.4 is 10.2 Å². The van der Waals surface area contributed by atoms with Gasteiger partial charge in [0.25, 0.3) is 0 Å². The van der Waals surface area contributed by atoms with Gasteiger partial charge in [-0.25, -0.2) is 0 Å². The second-order valence-electron chi connectivity index (χ2n) is 4.67. The molecule has 0 saturated carbocycles. The highest BCUT2D eigenvalue weighted by Gasteiger charge is 2.08. The molecule has 3 nitrogen and oxygen atoms in total. The molecule has 1 unspecified atom stereocenters. The summed E-state index contributed by atoms with van der Waals surface area (Å²) in [6.07, 6.45) is 0.941. The van der Waals surface area contributed by atoms with Crippen LogP contribution in [0.2, 0.25) is 0 Å². The second kappa shape index (κ2) is 6.62. The van der Waals surface area contributed by atoms with E-state index < -0.39 is 0 Å². The van der Waals surface area contributed by atoms with E-state index in [9.17, 15) is 0 Å². The van der Waals surface area contributed by atoms with Crippen LogP contribution in [0, 0.1) is 13.8 Å². The Bertz CT molecular complexity index is 348. The molecule has 2 N–H and O–H groups in total. The number of aryl methyl sites for hydroxylation is 2. The zero-order valence-electron chi connectivity index (χ0n) is 11.3. The molecule has 0 amide bonds. The van der Waals surface area contributed by atoms with E-state index in [0.717, 1.165) is 13.0 Å². The van der Waals surface area contributed by atoms with Gasteiger partial charge in [0.05, 0.1) is 6.61 Å². The third kappa shape index (κ3) is 4.02. The summed E-state index contributed by atoms with van der Waals surface area (Å²) in [5.74, 6) is 0. The van der Waals surface area contributed by atoms with Crippen molar-refractivity contribution in [3.63, 3.8) is 0 Å². The van der Waals surface area contributed by atoms with Crippen molar-refractivity contribution in [2.45, 2.75) is 26.3 Å². The van der Waals surface area contributed by atoms with Crippen molar-refractivity contribution in [1.29, 1.82) is 0 Å². The SMILES string of the molecule is CNC(CO)CCN(C)c1ccc(C)cc1C. The Hall–Kier alpha value is -1.06. The smallest absolute Gasteiger partial charge is 0.0585 e. The van der Waals surface area contributed by atoms with Gasteiger partial charge in [0.2, 0.25) is 0 Å². The number of aliphatic hydroxyl groups excluding tert-OH is 1. The molecule has 0 bridgehead atoms. The highest BCUT2D eigenvalue weighted by Crippen LogP contribution is 2.20. The van der Waals surface area contributed by atoms with Crippen molar-refractivity contribution in [1.82, 2.24) is 5.32 Å². The van der Waals surface area contributed by atoms with Gasteiger partial charge in [-0.1, -0.05) is 17.7 Å². The number of rotatable bonds is 6. The van der Waals surface area contributed by atoms with Gasteiger partial charge >= 0.3 is 0 Å². The van der Waals surface area contributed by atoms with Gasteiger partial charge in [0, 0.05) is 25.3 Å². The van der Waals surface area contributed by atoms with Crippen LogP contribution in [0.5, 0.6) is 0 Å². The number of benzene rings is 1. The average Bonchev–Trinajstić information content (AvgIpc) is 2.30. The van der Waals surface area contributed by atoms with Crippen LogP contribution in [0.1, 0.15) is 17.5 Å². The average molecular weight is 236 g/mol. The molecule has 0 aromatic heterocycles. The molecule has 1 aromatic rings. The first-order valence-electron chi connectivity index (χ1n) is 6.15. The molecular weight excluding hydrogens is 212 g/mol. The van der Waals surface area contributed by atoms with Crippen LogP contribution in [0.3, 0.4) is 0 Å². The van der Waals surface area contributed by atoms with Crippen LogP contribution in [-0.2, 0) is 0 Å². The first-order chi connectivity index (χ1) is 8.08. The first kappa shape index (κ1) is 14.0. The molecule has 0 fully saturated rings. The van der Waals surface area contributed by atoms with E-state index in [1.54, 1.807) is 0 Å². The quantitative estimate of drug-likeness (QED) is 0.789. The Labute approximate surface area is 104 Å². The fourth-order valence-corrected chi connectivity index (χ4v) is 2.03. The Balaban J connectivity index is 2.60. The minimum Gasteiger partial charge on any atom is -0.395 e. The van der Waals surface area contributed by atoms with Gasteiger partial charge in [0.1, 0.15) is 0 Å². The summed E-state index contributed by atoms with van der Waals surface area (Å²) in [5, 5.41) is 12.2. The predicted molar refractivity (Wildman–Crippen MR) is 73.7 cm³/mol. The molecule has 0 radical (unpaired) electrons. The Morgan fingerprint density at radius 1 is 1.35 bits per heavy atom. The summed E-state index contributed by atoms with van der Waals surface area (Å²) in [4.78, 5) is 2.24. The fourth-order valence-electron chi connectivity index (χ4n) is 2.03. The molecule has 0 aliphatic rings. The van der Waals surface area contributed by atoms with E-state index in [1.807, 2.05) is 7.05 Å². The first-order valence-corrected chi connectivity index (χ1v) is 6.15. The molecule has 1 aromatic carbocycles. The summed E-state index contributed by atoms with van der Waals surface area (Å²) >= 11 is 0. The molecule has 0 spiro atoms. The maximum atomic E-state index is 9.12. The van der Waals surface area contributed by atoms with Crippen molar-refractivity contribution in [3.8, 4) is 0 Å². The van der Waals surface area contributed by atoms with E-state index in [2.05, 4.69) is 49.3 Å². The monoisotopic (exact) mass is 236 g/mol. The number of hydrogen-bond acceptors (Lipinski definition) is 3. The lowest BCUT2D eigenvalue weighted by molar-refractivity contribution is 0.243. The second-order valence-corrected chi connectivity index (χ2v) is 4.67. The summed E-state index contributed by atoms with van der Waals surface area (Å²) in [7, 11) is 3.99. The minimum absolute atomic E-state index is 0.184. The number of anilines is 1. The lowest BCUT2D eigenvalue weighted by Crippen LogP contribution is -2.33. The van der Waals surface area contributed by atoms with Gasteiger partial charge < -0.3 is 15.3 Å². The highest BCUT2D eigenvalue weighted by atomic mass is 16.3. The van der Waals surface area contributed by atoms with Gasteiger partial charge in [-0.15, -0.1) is 0 Å². The van der Waals surface area contributed by atoms with Gasteiger partial charge in [-0.3, -0.25) is 0 Å². The van der Waals surface area contributed by atoms with Crippen molar-refractivity contribution >= 4 is 5.69 Å². The normalized spacial score (nSPS) is 12.5. The topological polar surface area (TPSA) is 35.5 Å². The van der Waals surface area contributed by atoms with Crippen LogP contribution >= 0.6 is 0 Å². The van der Waals surface area contributed by atoms with Crippen LogP contribution in [0.4, 0.5) is 5.69 Å². The molecule has 0 heterocycles. The molecular formula is C14H24N2O. The standard InChI is InChI=1S/C14H24N2O/c1-11-5-6-14(12(2)9-11)16(4)8-7-13(10-17)15-3/h5-6,9,13,15,17H,7-8,10H2,1-4H3. The van der Waals surface area contributed by atoms with Crippen LogP contribution in [0.25, 0.3) is 0 Å². The summed E-state index contributed by atoms with van der Waals surface area (Å²) in [5.41, 5.74) is 3.86. The zero-order chi connectivity index (χ0) is 12.8. The third-order valence-corrected chi connectivity index (χ3v) is 3.21. The molecule has 0 aliphatic heterocycles. The maximum Gasteiger partial charge on any atom is 0.0585 e. The van der Waals surface area contributed by atoms with Crippen molar-refractivity contribution in [2.24, 2.45) is 0 Å². The molecule has 96 valence electrons. The van der Waals surface area contributed by atoms with E-state index >= 15 is 0 Å². The number of nitrogens with one attached hydrogen (secondary N) is 1. The summed E-state index contributed by atoms with van der Waals surface area (Å²) in [6, 6.07) is 6.69. The Morgan fingerprint density at radius 2 is 2.06 bits per heavy atom. The lowest BCUT2D eigenvalue weighted by Gasteiger charge is -2.24. The van der Waals surface area contributed by atoms with Gasteiger partial charge in [0.15, 0.2) is 0 Å².